The number of hydrogen-bond donors (Lipinski definition) is 2. The molecule has 0 aliphatic carbocycles. The van der Waals surface area contributed by atoms with Crippen LogP contribution in [0, 0.1) is 0 Å². The molecule has 1 aliphatic rings. The number of anilines is 1. The van der Waals surface area contributed by atoms with Crippen LogP contribution in [0.15, 0.2) is 24.3 Å². The van der Waals surface area contributed by atoms with Crippen LogP contribution in [0.5, 0.6) is 0 Å². The molecule has 8 nitrogen and oxygen atoms in total. The van der Waals surface area contributed by atoms with Gasteiger partial charge < -0.3 is 25.7 Å². The number of para-hydroxylation sites is 1. The Bertz CT molecular complexity index is 1040. The SMILES string of the molecule is CCc1nc2c(N)nc3ccccc3c2n1CCCCN(C(N)=O)C1CCOCC1. The Hall–Kier alpha value is -2.87. The minimum absolute atomic E-state index is 0.186. The Morgan fingerprint density at radius 1 is 1.23 bits per heavy atom. The summed E-state index contributed by atoms with van der Waals surface area (Å²) in [4.78, 5) is 23.1. The quantitative estimate of drug-likeness (QED) is 0.581. The number of amides is 2. The number of unbranched alkanes of at least 4 members (excludes halogenated alkanes) is 1. The van der Waals surface area contributed by atoms with Crippen molar-refractivity contribution in [3.63, 3.8) is 0 Å². The maximum Gasteiger partial charge on any atom is 0.315 e. The lowest BCUT2D eigenvalue weighted by atomic mass is 10.1. The average Bonchev–Trinajstić information content (AvgIpc) is 3.13. The molecule has 1 aromatic carbocycles. The van der Waals surface area contributed by atoms with E-state index in [9.17, 15) is 4.79 Å². The molecule has 3 aromatic rings. The number of rotatable bonds is 7. The van der Waals surface area contributed by atoms with Crippen molar-refractivity contribution in [1.82, 2.24) is 19.4 Å². The van der Waals surface area contributed by atoms with Gasteiger partial charge in [0.15, 0.2) is 5.82 Å². The molecule has 1 fully saturated rings. The molecule has 2 amide bonds. The van der Waals surface area contributed by atoms with E-state index in [2.05, 4.69) is 22.5 Å². The number of nitrogen functional groups attached to an aromatic ring is 1. The van der Waals surface area contributed by atoms with Crippen LogP contribution < -0.4 is 11.5 Å². The number of aromatic nitrogens is 3. The molecule has 4 N–H and O–H groups in total. The van der Waals surface area contributed by atoms with Gasteiger partial charge in [0.1, 0.15) is 11.3 Å². The zero-order valence-electron chi connectivity index (χ0n) is 17.5. The molecule has 0 bridgehead atoms. The van der Waals surface area contributed by atoms with Gasteiger partial charge in [0, 0.05) is 44.2 Å². The normalized spacial score (nSPS) is 15.1. The predicted molar refractivity (Wildman–Crippen MR) is 118 cm³/mol. The maximum atomic E-state index is 12.0. The lowest BCUT2D eigenvalue weighted by Crippen LogP contribution is -2.46. The lowest BCUT2D eigenvalue weighted by Gasteiger charge is -2.33. The molecule has 2 aromatic heterocycles. The molecule has 4 rings (SSSR count). The van der Waals surface area contributed by atoms with Crippen molar-refractivity contribution in [3.05, 3.63) is 30.1 Å². The van der Waals surface area contributed by atoms with Gasteiger partial charge in [-0.25, -0.2) is 14.8 Å². The molecule has 8 heteroatoms. The molecule has 0 saturated carbocycles. The van der Waals surface area contributed by atoms with Gasteiger partial charge in [-0.05, 0) is 31.7 Å². The molecular weight excluding hydrogens is 380 g/mol. The molecule has 3 heterocycles. The van der Waals surface area contributed by atoms with Crippen LogP contribution >= 0.6 is 0 Å². The third-order valence-corrected chi connectivity index (χ3v) is 5.95. The van der Waals surface area contributed by atoms with E-state index >= 15 is 0 Å². The zero-order valence-corrected chi connectivity index (χ0v) is 17.5. The molecule has 1 aliphatic heterocycles. The van der Waals surface area contributed by atoms with Crippen molar-refractivity contribution in [3.8, 4) is 0 Å². The monoisotopic (exact) mass is 410 g/mol. The summed E-state index contributed by atoms with van der Waals surface area (Å²) in [5.41, 5.74) is 14.6. The van der Waals surface area contributed by atoms with E-state index in [-0.39, 0.29) is 12.1 Å². The second-order valence-electron chi connectivity index (χ2n) is 7.83. The number of ether oxygens (including phenoxy) is 1. The Labute approximate surface area is 176 Å². The Morgan fingerprint density at radius 2 is 2.00 bits per heavy atom. The molecule has 0 spiro atoms. The summed E-state index contributed by atoms with van der Waals surface area (Å²) in [6.07, 6.45) is 4.32. The second kappa shape index (κ2) is 8.87. The first kappa shape index (κ1) is 20.4. The fourth-order valence-electron chi connectivity index (χ4n) is 4.44. The van der Waals surface area contributed by atoms with Gasteiger partial charge in [0.25, 0.3) is 0 Å². The number of fused-ring (bicyclic) bond motifs is 3. The minimum atomic E-state index is -0.339. The first-order valence-electron chi connectivity index (χ1n) is 10.8. The minimum Gasteiger partial charge on any atom is -0.382 e. The molecular formula is C22H30N6O2. The molecule has 30 heavy (non-hydrogen) atoms. The Morgan fingerprint density at radius 3 is 2.73 bits per heavy atom. The zero-order chi connectivity index (χ0) is 21.1. The summed E-state index contributed by atoms with van der Waals surface area (Å²) < 4.78 is 7.67. The first-order valence-corrected chi connectivity index (χ1v) is 10.8. The smallest absolute Gasteiger partial charge is 0.315 e. The van der Waals surface area contributed by atoms with Crippen LogP contribution in [0.4, 0.5) is 10.6 Å². The number of nitrogens with two attached hydrogens (primary N) is 2. The van der Waals surface area contributed by atoms with Crippen LogP contribution in [0.25, 0.3) is 21.9 Å². The third kappa shape index (κ3) is 3.92. The average molecular weight is 411 g/mol. The van der Waals surface area contributed by atoms with E-state index in [1.165, 1.54) is 0 Å². The number of nitrogens with zero attached hydrogens (tertiary/aromatic N) is 4. The van der Waals surface area contributed by atoms with Gasteiger partial charge in [-0.3, -0.25) is 0 Å². The van der Waals surface area contributed by atoms with Crippen molar-refractivity contribution in [2.24, 2.45) is 5.73 Å². The van der Waals surface area contributed by atoms with Gasteiger partial charge >= 0.3 is 6.03 Å². The van der Waals surface area contributed by atoms with Gasteiger partial charge in [0.05, 0.1) is 11.0 Å². The number of imidazole rings is 1. The van der Waals surface area contributed by atoms with Gasteiger partial charge in [-0.2, -0.15) is 0 Å². The lowest BCUT2D eigenvalue weighted by molar-refractivity contribution is 0.0468. The largest absolute Gasteiger partial charge is 0.382 e. The van der Waals surface area contributed by atoms with Crippen LogP contribution in [-0.2, 0) is 17.7 Å². The molecule has 0 radical (unpaired) electrons. The number of primary amides is 1. The van der Waals surface area contributed by atoms with E-state index in [0.29, 0.717) is 25.6 Å². The summed E-state index contributed by atoms with van der Waals surface area (Å²) in [6.45, 7) is 4.96. The number of hydrogen-bond acceptors (Lipinski definition) is 5. The second-order valence-corrected chi connectivity index (χ2v) is 7.83. The van der Waals surface area contributed by atoms with Gasteiger partial charge in [-0.15, -0.1) is 0 Å². The number of benzene rings is 1. The van der Waals surface area contributed by atoms with Crippen molar-refractivity contribution in [2.75, 3.05) is 25.5 Å². The fourth-order valence-corrected chi connectivity index (χ4v) is 4.44. The van der Waals surface area contributed by atoms with Crippen molar-refractivity contribution >= 4 is 33.8 Å². The van der Waals surface area contributed by atoms with E-state index in [0.717, 1.165) is 66.4 Å². The highest BCUT2D eigenvalue weighted by molar-refractivity contribution is 6.06. The Balaban J connectivity index is 1.53. The molecule has 160 valence electrons. The number of pyridine rings is 1. The fraction of sp³-hybridized carbons (Fsp3) is 0.500. The molecule has 0 unspecified atom stereocenters. The topological polar surface area (TPSA) is 112 Å². The first-order chi connectivity index (χ1) is 14.6. The van der Waals surface area contributed by atoms with Crippen LogP contribution in [0.3, 0.4) is 0 Å². The number of carbonyl (C=O) groups excluding carboxylic acids is 1. The van der Waals surface area contributed by atoms with Crippen LogP contribution in [-0.4, -0.2) is 51.3 Å². The van der Waals surface area contributed by atoms with Crippen LogP contribution in [0.2, 0.25) is 0 Å². The van der Waals surface area contributed by atoms with Crippen molar-refractivity contribution in [1.29, 1.82) is 0 Å². The maximum absolute atomic E-state index is 12.0. The highest BCUT2D eigenvalue weighted by Gasteiger charge is 2.24. The number of urea groups is 1. The predicted octanol–water partition coefficient (Wildman–Crippen LogP) is 3.07. The van der Waals surface area contributed by atoms with Crippen LogP contribution in [0.1, 0.15) is 38.4 Å². The highest BCUT2D eigenvalue weighted by Crippen LogP contribution is 2.29. The highest BCUT2D eigenvalue weighted by atomic mass is 16.5. The van der Waals surface area contributed by atoms with Crippen molar-refractivity contribution < 1.29 is 9.53 Å². The van der Waals surface area contributed by atoms with Crippen molar-refractivity contribution in [2.45, 2.75) is 51.6 Å². The number of aryl methyl sites for hydroxylation is 2. The summed E-state index contributed by atoms with van der Waals surface area (Å²) in [6, 6.07) is 7.88. The summed E-state index contributed by atoms with van der Waals surface area (Å²) >= 11 is 0. The van der Waals surface area contributed by atoms with Gasteiger partial charge in [-0.1, -0.05) is 25.1 Å². The summed E-state index contributed by atoms with van der Waals surface area (Å²) in [7, 11) is 0. The third-order valence-electron chi connectivity index (χ3n) is 5.95. The summed E-state index contributed by atoms with van der Waals surface area (Å²) in [5.74, 6) is 1.47. The van der Waals surface area contributed by atoms with E-state index in [1.54, 1.807) is 0 Å². The van der Waals surface area contributed by atoms with E-state index in [1.807, 2.05) is 23.1 Å². The molecule has 0 atom stereocenters. The standard InChI is InChI=1S/C22H30N6O2/c1-2-18-26-19-20(16-7-3-4-8-17(16)25-21(19)23)28(18)12-6-5-11-27(22(24)29)15-9-13-30-14-10-15/h3-4,7-8,15H,2,5-6,9-14H2,1H3,(H2,23,25)(H2,24,29). The van der Waals surface area contributed by atoms with E-state index in [4.69, 9.17) is 21.2 Å². The summed E-state index contributed by atoms with van der Waals surface area (Å²) in [5, 5.41) is 1.06. The van der Waals surface area contributed by atoms with Gasteiger partial charge in [0.2, 0.25) is 0 Å². The van der Waals surface area contributed by atoms with E-state index < -0.39 is 0 Å². The number of carbonyl (C=O) groups is 1. The Kier molecular flexibility index (Phi) is 6.03. The molecule has 1 saturated heterocycles.